The summed E-state index contributed by atoms with van der Waals surface area (Å²) < 4.78 is 0. The van der Waals surface area contributed by atoms with Gasteiger partial charge in [0.05, 0.1) is 10.4 Å². The van der Waals surface area contributed by atoms with E-state index in [9.17, 15) is 4.79 Å². The van der Waals surface area contributed by atoms with Gasteiger partial charge in [0.25, 0.3) is 0 Å². The van der Waals surface area contributed by atoms with Crippen LogP contribution >= 0.6 is 11.3 Å². The fourth-order valence-electron chi connectivity index (χ4n) is 1.72. The third-order valence-electron chi connectivity index (χ3n) is 2.94. The van der Waals surface area contributed by atoms with Crippen molar-refractivity contribution in [3.8, 4) is 0 Å². The van der Waals surface area contributed by atoms with E-state index in [2.05, 4.69) is 5.32 Å². The van der Waals surface area contributed by atoms with Crippen LogP contribution in [0.3, 0.4) is 0 Å². The Morgan fingerprint density at radius 2 is 2.43 bits per heavy atom. The summed E-state index contributed by atoms with van der Waals surface area (Å²) in [5.41, 5.74) is 5.37. The first kappa shape index (κ1) is 9.68. The monoisotopic (exact) mass is 210 g/mol. The number of hydrogen-bond donors (Lipinski definition) is 2. The minimum absolute atomic E-state index is 0.0914. The van der Waals surface area contributed by atoms with Crippen LogP contribution in [0.1, 0.15) is 19.3 Å². The van der Waals surface area contributed by atoms with Crippen molar-refractivity contribution in [3.05, 3.63) is 17.5 Å². The first-order chi connectivity index (χ1) is 6.77. The predicted octanol–water partition coefficient (Wildman–Crippen LogP) is 1.82. The average molecular weight is 210 g/mol. The smallest absolute Gasteiger partial charge is 0.232 e. The number of thiophene rings is 1. The summed E-state index contributed by atoms with van der Waals surface area (Å²) in [7, 11) is 0. The second-order valence-corrected chi connectivity index (χ2v) is 4.72. The highest BCUT2D eigenvalue weighted by Crippen LogP contribution is 2.41. The van der Waals surface area contributed by atoms with Crippen LogP contribution in [0.15, 0.2) is 17.5 Å². The Morgan fingerprint density at radius 1 is 1.64 bits per heavy atom. The van der Waals surface area contributed by atoms with Crippen LogP contribution in [0, 0.1) is 5.41 Å². The van der Waals surface area contributed by atoms with Crippen molar-refractivity contribution >= 4 is 22.2 Å². The van der Waals surface area contributed by atoms with Gasteiger partial charge in [-0.15, -0.1) is 11.3 Å². The normalized spacial score (nSPS) is 18.6. The van der Waals surface area contributed by atoms with E-state index in [1.54, 1.807) is 0 Å². The molecule has 76 valence electrons. The van der Waals surface area contributed by atoms with Crippen LogP contribution in [0.4, 0.5) is 5.00 Å². The van der Waals surface area contributed by atoms with Crippen LogP contribution in [0.5, 0.6) is 0 Å². The van der Waals surface area contributed by atoms with Gasteiger partial charge < -0.3 is 11.1 Å². The van der Waals surface area contributed by atoms with Gasteiger partial charge in [0.15, 0.2) is 0 Å². The molecule has 1 aliphatic rings. The molecular formula is C10H14N2OS. The molecular weight excluding hydrogens is 196 g/mol. The maximum absolute atomic E-state index is 11.9. The number of amides is 1. The summed E-state index contributed by atoms with van der Waals surface area (Å²) in [5.74, 6) is 0.0914. The van der Waals surface area contributed by atoms with Crippen molar-refractivity contribution in [2.75, 3.05) is 11.9 Å². The molecule has 0 bridgehead atoms. The highest BCUT2D eigenvalue weighted by atomic mass is 32.1. The Kier molecular flexibility index (Phi) is 2.56. The van der Waals surface area contributed by atoms with E-state index in [4.69, 9.17) is 5.73 Å². The van der Waals surface area contributed by atoms with Gasteiger partial charge in [0, 0.05) is 6.54 Å². The van der Waals surface area contributed by atoms with E-state index < -0.39 is 0 Å². The molecule has 14 heavy (non-hydrogen) atoms. The van der Waals surface area contributed by atoms with Gasteiger partial charge >= 0.3 is 0 Å². The van der Waals surface area contributed by atoms with Gasteiger partial charge in [-0.05, 0) is 30.4 Å². The summed E-state index contributed by atoms with van der Waals surface area (Å²) in [5, 5.41) is 5.78. The minimum atomic E-state index is -0.274. The Bertz CT molecular complexity index is 311. The number of carbonyl (C=O) groups excluding carboxylic acids is 1. The van der Waals surface area contributed by atoms with Crippen LogP contribution in [-0.2, 0) is 4.79 Å². The van der Waals surface area contributed by atoms with Gasteiger partial charge in [-0.25, -0.2) is 0 Å². The minimum Gasteiger partial charge on any atom is -0.329 e. The number of hydrogen-bond acceptors (Lipinski definition) is 3. The molecule has 1 saturated carbocycles. The number of anilines is 1. The van der Waals surface area contributed by atoms with E-state index in [0.717, 1.165) is 24.3 Å². The first-order valence-electron chi connectivity index (χ1n) is 4.82. The molecule has 1 aromatic rings. The third kappa shape index (κ3) is 1.55. The van der Waals surface area contributed by atoms with Gasteiger partial charge in [-0.3, -0.25) is 4.79 Å². The second-order valence-electron chi connectivity index (χ2n) is 3.77. The molecule has 1 aliphatic carbocycles. The zero-order chi connectivity index (χ0) is 10.0. The van der Waals surface area contributed by atoms with Crippen molar-refractivity contribution in [2.45, 2.75) is 19.3 Å². The molecule has 0 saturated heterocycles. The largest absolute Gasteiger partial charge is 0.329 e. The molecule has 0 aliphatic heterocycles. The molecule has 3 N–H and O–H groups in total. The summed E-state index contributed by atoms with van der Waals surface area (Å²) in [6.45, 7) is 0.463. The molecule has 1 amide bonds. The Morgan fingerprint density at radius 3 is 2.86 bits per heavy atom. The van der Waals surface area contributed by atoms with Gasteiger partial charge in [0.2, 0.25) is 5.91 Å². The molecule has 2 rings (SSSR count). The first-order valence-corrected chi connectivity index (χ1v) is 5.70. The highest BCUT2D eigenvalue weighted by molar-refractivity contribution is 7.14. The van der Waals surface area contributed by atoms with Crippen molar-refractivity contribution < 1.29 is 4.79 Å². The molecule has 0 radical (unpaired) electrons. The summed E-state index contributed by atoms with van der Waals surface area (Å²) >= 11 is 1.54. The lowest BCUT2D eigenvalue weighted by molar-refractivity contribution is -0.129. The lowest BCUT2D eigenvalue weighted by Crippen LogP contribution is -2.47. The number of nitrogens with two attached hydrogens (primary N) is 1. The molecule has 3 nitrogen and oxygen atoms in total. The molecule has 0 unspecified atom stereocenters. The fraction of sp³-hybridized carbons (Fsp3) is 0.500. The quantitative estimate of drug-likeness (QED) is 0.799. The van der Waals surface area contributed by atoms with Gasteiger partial charge in [-0.2, -0.15) is 0 Å². The highest BCUT2D eigenvalue weighted by Gasteiger charge is 2.42. The van der Waals surface area contributed by atoms with E-state index >= 15 is 0 Å². The molecule has 0 atom stereocenters. The van der Waals surface area contributed by atoms with Crippen LogP contribution in [0.2, 0.25) is 0 Å². The summed E-state index contributed by atoms with van der Waals surface area (Å²) in [4.78, 5) is 11.9. The second kappa shape index (κ2) is 3.71. The van der Waals surface area contributed by atoms with Crippen molar-refractivity contribution in [1.29, 1.82) is 0 Å². The molecule has 0 spiro atoms. The van der Waals surface area contributed by atoms with Crippen molar-refractivity contribution in [2.24, 2.45) is 11.1 Å². The SMILES string of the molecule is NCC1(C(=O)Nc2cccs2)CCC1. The number of nitrogens with one attached hydrogen (secondary N) is 1. The average Bonchev–Trinajstić information content (AvgIpc) is 2.55. The Hall–Kier alpha value is -0.870. The van der Waals surface area contributed by atoms with E-state index in [1.165, 1.54) is 11.3 Å². The van der Waals surface area contributed by atoms with E-state index in [1.807, 2.05) is 17.5 Å². The fourth-order valence-corrected chi connectivity index (χ4v) is 2.33. The molecule has 1 aromatic heterocycles. The standard InChI is InChI=1S/C10H14N2OS/c11-7-10(4-2-5-10)9(13)12-8-3-1-6-14-8/h1,3,6H,2,4-5,7,11H2,(H,12,13). The van der Waals surface area contributed by atoms with Gasteiger partial charge in [0.1, 0.15) is 0 Å². The summed E-state index contributed by atoms with van der Waals surface area (Å²) in [6.07, 6.45) is 2.98. The lowest BCUT2D eigenvalue weighted by Gasteiger charge is -2.38. The number of rotatable bonds is 3. The maximum atomic E-state index is 11.9. The molecule has 0 aromatic carbocycles. The third-order valence-corrected chi connectivity index (χ3v) is 3.73. The topological polar surface area (TPSA) is 55.1 Å². The zero-order valence-electron chi connectivity index (χ0n) is 7.95. The zero-order valence-corrected chi connectivity index (χ0v) is 8.77. The molecule has 1 heterocycles. The van der Waals surface area contributed by atoms with Crippen molar-refractivity contribution in [3.63, 3.8) is 0 Å². The summed E-state index contributed by atoms with van der Waals surface area (Å²) in [6, 6.07) is 3.83. The Labute approximate surface area is 87.3 Å². The molecule has 1 fully saturated rings. The Balaban J connectivity index is 2.01. The number of carbonyl (C=O) groups is 1. The van der Waals surface area contributed by atoms with E-state index in [0.29, 0.717) is 6.54 Å². The maximum Gasteiger partial charge on any atom is 0.232 e. The van der Waals surface area contributed by atoms with Gasteiger partial charge in [-0.1, -0.05) is 6.42 Å². The lowest BCUT2D eigenvalue weighted by atomic mass is 9.68. The molecule has 4 heteroatoms. The van der Waals surface area contributed by atoms with Crippen molar-refractivity contribution in [1.82, 2.24) is 0 Å². The van der Waals surface area contributed by atoms with Crippen LogP contribution < -0.4 is 11.1 Å². The van der Waals surface area contributed by atoms with E-state index in [-0.39, 0.29) is 11.3 Å². The van der Waals surface area contributed by atoms with Crippen LogP contribution in [-0.4, -0.2) is 12.5 Å². The van der Waals surface area contributed by atoms with Crippen LogP contribution in [0.25, 0.3) is 0 Å². The predicted molar refractivity (Wildman–Crippen MR) is 58.3 cm³/mol.